The molecule has 3 aromatic rings. The lowest BCUT2D eigenvalue weighted by Gasteiger charge is -2.13. The average molecular weight is 602 g/mol. The number of thioether (sulfide) groups is 1. The summed E-state index contributed by atoms with van der Waals surface area (Å²) in [6, 6.07) is 19.9. The molecule has 3 aromatic carbocycles. The highest BCUT2D eigenvalue weighted by molar-refractivity contribution is 8.93. The average Bonchev–Trinajstić information content (AvgIpc) is 2.88. The van der Waals surface area contributed by atoms with Crippen molar-refractivity contribution in [1.29, 1.82) is 0 Å². The molecule has 3 rings (SSSR count). The number of aryl methyl sites for hydroxylation is 2. The summed E-state index contributed by atoms with van der Waals surface area (Å²) in [7, 11) is 1.39. The van der Waals surface area contributed by atoms with E-state index in [0.29, 0.717) is 25.3 Å². The van der Waals surface area contributed by atoms with Gasteiger partial charge in [0.1, 0.15) is 0 Å². The number of amidine groups is 1. The molecule has 0 unspecified atom stereocenters. The SMILES string of the molecule is Br.CCOc1ccc(CCN=C(Nc2cc(C)cc(C)c2)SCc2ccc(C(=O)OC)cc2)cc1OCC. The van der Waals surface area contributed by atoms with E-state index in [-0.39, 0.29) is 23.0 Å². The van der Waals surface area contributed by atoms with Crippen molar-refractivity contribution in [3.8, 4) is 11.5 Å². The van der Waals surface area contributed by atoms with E-state index >= 15 is 0 Å². The van der Waals surface area contributed by atoms with Crippen LogP contribution in [0.3, 0.4) is 0 Å². The zero-order chi connectivity index (χ0) is 26.6. The number of carbonyl (C=O) groups excluding carboxylic acids is 1. The smallest absolute Gasteiger partial charge is 0.337 e. The van der Waals surface area contributed by atoms with Crippen LogP contribution in [0.2, 0.25) is 0 Å². The number of hydrogen-bond donors (Lipinski definition) is 1. The molecule has 8 heteroatoms. The van der Waals surface area contributed by atoms with Gasteiger partial charge in [0.15, 0.2) is 16.7 Å². The number of aliphatic imine (C=N–C) groups is 1. The number of halogens is 1. The third-order valence-electron chi connectivity index (χ3n) is 5.49. The Morgan fingerprint density at radius 2 is 1.50 bits per heavy atom. The highest BCUT2D eigenvalue weighted by Crippen LogP contribution is 2.29. The number of anilines is 1. The number of rotatable bonds is 11. The maximum Gasteiger partial charge on any atom is 0.337 e. The monoisotopic (exact) mass is 600 g/mol. The molecule has 0 atom stereocenters. The van der Waals surface area contributed by atoms with Crippen molar-refractivity contribution in [1.82, 2.24) is 0 Å². The van der Waals surface area contributed by atoms with Gasteiger partial charge in [-0.1, -0.05) is 36.0 Å². The molecule has 0 aromatic heterocycles. The fourth-order valence-electron chi connectivity index (χ4n) is 3.84. The minimum atomic E-state index is -0.334. The molecule has 1 N–H and O–H groups in total. The van der Waals surface area contributed by atoms with Gasteiger partial charge in [0.05, 0.1) is 25.9 Å². The van der Waals surface area contributed by atoms with Crippen LogP contribution >= 0.6 is 28.7 Å². The van der Waals surface area contributed by atoms with Gasteiger partial charge >= 0.3 is 5.97 Å². The van der Waals surface area contributed by atoms with Crippen LogP contribution in [0.25, 0.3) is 0 Å². The van der Waals surface area contributed by atoms with Gasteiger partial charge in [0.2, 0.25) is 0 Å². The third-order valence-corrected chi connectivity index (χ3v) is 6.47. The second kappa shape index (κ2) is 16.1. The molecule has 0 bridgehead atoms. The van der Waals surface area contributed by atoms with E-state index in [0.717, 1.165) is 45.7 Å². The molecule has 0 aliphatic carbocycles. The molecule has 204 valence electrons. The first kappa shape index (κ1) is 31.2. The number of methoxy groups -OCH3 is 1. The topological polar surface area (TPSA) is 69.2 Å². The van der Waals surface area contributed by atoms with E-state index in [9.17, 15) is 4.79 Å². The Labute approximate surface area is 241 Å². The molecule has 0 saturated carbocycles. The van der Waals surface area contributed by atoms with Crippen LogP contribution in [0.4, 0.5) is 5.69 Å². The molecular formula is C30H37BrN2O4S. The number of esters is 1. The molecule has 0 aliphatic heterocycles. The van der Waals surface area contributed by atoms with Crippen molar-refractivity contribution in [2.24, 2.45) is 4.99 Å². The van der Waals surface area contributed by atoms with Crippen molar-refractivity contribution >= 4 is 45.6 Å². The lowest BCUT2D eigenvalue weighted by Crippen LogP contribution is -2.10. The Morgan fingerprint density at radius 1 is 0.868 bits per heavy atom. The second-order valence-corrected chi connectivity index (χ2v) is 9.53. The molecule has 0 heterocycles. The van der Waals surface area contributed by atoms with E-state index < -0.39 is 0 Å². The fourth-order valence-corrected chi connectivity index (χ4v) is 4.70. The number of ether oxygens (including phenoxy) is 3. The summed E-state index contributed by atoms with van der Waals surface area (Å²) in [5.74, 6) is 1.92. The Hall–Kier alpha value is -2.97. The van der Waals surface area contributed by atoms with Gasteiger partial charge < -0.3 is 19.5 Å². The van der Waals surface area contributed by atoms with E-state index in [2.05, 4.69) is 43.4 Å². The Balaban J connectivity index is 0.00000507. The molecule has 0 saturated heterocycles. The summed E-state index contributed by atoms with van der Waals surface area (Å²) in [5, 5.41) is 4.35. The largest absolute Gasteiger partial charge is 0.490 e. The highest BCUT2D eigenvalue weighted by atomic mass is 79.9. The van der Waals surface area contributed by atoms with Gasteiger partial charge in [-0.15, -0.1) is 17.0 Å². The molecule has 38 heavy (non-hydrogen) atoms. The molecule has 0 aliphatic rings. The maximum absolute atomic E-state index is 11.7. The van der Waals surface area contributed by atoms with Crippen molar-refractivity contribution < 1.29 is 19.0 Å². The minimum absolute atomic E-state index is 0. The quantitative estimate of drug-likeness (QED) is 0.140. The molecule has 6 nitrogen and oxygen atoms in total. The molecular weight excluding hydrogens is 564 g/mol. The van der Waals surface area contributed by atoms with Crippen molar-refractivity contribution in [3.05, 3.63) is 88.5 Å². The fraction of sp³-hybridized carbons (Fsp3) is 0.333. The number of nitrogens with zero attached hydrogens (tertiary/aromatic N) is 1. The van der Waals surface area contributed by atoms with Crippen LogP contribution in [-0.4, -0.2) is 38.0 Å². The number of hydrogen-bond acceptors (Lipinski definition) is 6. The summed E-state index contributed by atoms with van der Waals surface area (Å²) in [5.41, 5.74) is 6.20. The summed E-state index contributed by atoms with van der Waals surface area (Å²) in [6.07, 6.45) is 0.777. The summed E-state index contributed by atoms with van der Waals surface area (Å²) in [4.78, 5) is 16.6. The molecule has 0 amide bonds. The first-order valence-electron chi connectivity index (χ1n) is 12.5. The Kier molecular flexibility index (Phi) is 13.2. The van der Waals surface area contributed by atoms with Gasteiger partial charge in [-0.2, -0.15) is 0 Å². The summed E-state index contributed by atoms with van der Waals surface area (Å²) >= 11 is 1.63. The Morgan fingerprint density at radius 3 is 2.13 bits per heavy atom. The van der Waals surface area contributed by atoms with Gasteiger partial charge in [-0.3, -0.25) is 4.99 Å². The normalized spacial score (nSPS) is 10.9. The zero-order valence-electron chi connectivity index (χ0n) is 22.7. The van der Waals surface area contributed by atoms with Crippen LogP contribution in [-0.2, 0) is 16.9 Å². The molecule has 0 radical (unpaired) electrons. The zero-order valence-corrected chi connectivity index (χ0v) is 25.2. The molecule has 0 spiro atoms. The second-order valence-electron chi connectivity index (χ2n) is 8.56. The highest BCUT2D eigenvalue weighted by Gasteiger charge is 2.09. The number of benzene rings is 3. The lowest BCUT2D eigenvalue weighted by atomic mass is 10.1. The van der Waals surface area contributed by atoms with Crippen LogP contribution in [0, 0.1) is 13.8 Å². The van der Waals surface area contributed by atoms with Crippen molar-refractivity contribution in [2.75, 3.05) is 32.2 Å². The molecule has 0 fully saturated rings. The Bertz CT molecular complexity index is 1200. The van der Waals surface area contributed by atoms with Gasteiger partial charge in [0, 0.05) is 18.0 Å². The maximum atomic E-state index is 11.7. The van der Waals surface area contributed by atoms with Crippen LogP contribution in [0.1, 0.15) is 46.5 Å². The van der Waals surface area contributed by atoms with E-state index in [1.165, 1.54) is 18.2 Å². The van der Waals surface area contributed by atoms with Gasteiger partial charge in [0.25, 0.3) is 0 Å². The van der Waals surface area contributed by atoms with Gasteiger partial charge in [-0.25, -0.2) is 4.79 Å². The first-order chi connectivity index (χ1) is 17.9. The first-order valence-corrected chi connectivity index (χ1v) is 13.5. The summed E-state index contributed by atoms with van der Waals surface area (Å²) in [6.45, 7) is 9.93. The van der Waals surface area contributed by atoms with Crippen LogP contribution in [0.5, 0.6) is 11.5 Å². The van der Waals surface area contributed by atoms with Crippen LogP contribution in [0.15, 0.2) is 65.7 Å². The van der Waals surface area contributed by atoms with Gasteiger partial charge in [-0.05, 0) is 92.8 Å². The third kappa shape index (κ3) is 9.72. The predicted molar refractivity (Wildman–Crippen MR) is 164 cm³/mol. The lowest BCUT2D eigenvalue weighted by molar-refractivity contribution is 0.0600. The van der Waals surface area contributed by atoms with Crippen molar-refractivity contribution in [2.45, 2.75) is 39.9 Å². The standard InChI is InChI=1S/C30H36N2O4S.BrH/c1-6-35-27-13-10-23(19-28(27)36-7-2)14-15-31-30(32-26-17-21(3)16-22(4)18-26)37-20-24-8-11-25(12-9-24)29(33)34-5;/h8-13,16-19H,6-7,14-15,20H2,1-5H3,(H,31,32);1H. The van der Waals surface area contributed by atoms with E-state index in [4.69, 9.17) is 19.2 Å². The minimum Gasteiger partial charge on any atom is -0.490 e. The number of carbonyl (C=O) groups is 1. The van der Waals surface area contributed by atoms with Crippen molar-refractivity contribution in [3.63, 3.8) is 0 Å². The number of nitrogens with one attached hydrogen (secondary N) is 1. The van der Waals surface area contributed by atoms with Crippen LogP contribution < -0.4 is 14.8 Å². The van der Waals surface area contributed by atoms with E-state index in [1.807, 2.05) is 38.1 Å². The van der Waals surface area contributed by atoms with E-state index in [1.54, 1.807) is 23.9 Å². The summed E-state index contributed by atoms with van der Waals surface area (Å²) < 4.78 is 16.2. The predicted octanol–water partition coefficient (Wildman–Crippen LogP) is 7.41.